The summed E-state index contributed by atoms with van der Waals surface area (Å²) in [6.45, 7) is 2.66. The van der Waals surface area contributed by atoms with Gasteiger partial charge in [-0.2, -0.15) is 0 Å². The lowest BCUT2D eigenvalue weighted by atomic mass is 10.1. The van der Waals surface area contributed by atoms with Gasteiger partial charge in [-0.05, 0) is 84.3 Å². The molecule has 128 valence electrons. The van der Waals surface area contributed by atoms with Crippen LogP contribution in [0.15, 0.2) is 51.7 Å². The summed E-state index contributed by atoms with van der Waals surface area (Å²) in [4.78, 5) is 9.05. The quantitative estimate of drug-likeness (QED) is 0.495. The minimum absolute atomic E-state index is 0.278. The van der Waals surface area contributed by atoms with E-state index in [-0.39, 0.29) is 5.82 Å². The Morgan fingerprint density at radius 3 is 2.75 bits per heavy atom. The van der Waals surface area contributed by atoms with Crippen LogP contribution in [-0.4, -0.2) is 18.5 Å². The Balaban J connectivity index is 2.18. The maximum atomic E-state index is 13.2. The number of aliphatic imine (C=N–C) groups is 2. The largest absolute Gasteiger partial charge is 0.404 e. The summed E-state index contributed by atoms with van der Waals surface area (Å²) in [6.07, 6.45) is 8.21. The maximum absolute atomic E-state index is 13.2. The van der Waals surface area contributed by atoms with Gasteiger partial charge in [0.2, 0.25) is 0 Å². The Kier molecular flexibility index (Phi) is 6.96. The number of allylic oxidation sites excluding steroid dienone is 3. The summed E-state index contributed by atoms with van der Waals surface area (Å²) < 4.78 is 14.0. The van der Waals surface area contributed by atoms with Crippen LogP contribution >= 0.6 is 22.6 Å². The molecule has 0 unspecified atom stereocenters. The highest BCUT2D eigenvalue weighted by molar-refractivity contribution is 14.1. The van der Waals surface area contributed by atoms with E-state index in [1.54, 1.807) is 25.3 Å². The van der Waals surface area contributed by atoms with Crippen molar-refractivity contribution in [2.45, 2.75) is 26.2 Å². The Hall–Kier alpha value is -1.70. The molecule has 4 N–H and O–H groups in total. The molecule has 0 aliphatic heterocycles. The molecule has 0 radical (unpaired) electrons. The van der Waals surface area contributed by atoms with Gasteiger partial charge < -0.3 is 11.5 Å². The second-order valence-corrected chi connectivity index (χ2v) is 7.11. The molecule has 1 aliphatic carbocycles. The SMILES string of the molecule is CC(N)=CC(CC(C=NCC1CC1)=CN)=Nc1ccc(F)cc1I. The topological polar surface area (TPSA) is 76.8 Å². The van der Waals surface area contributed by atoms with E-state index >= 15 is 0 Å². The Morgan fingerprint density at radius 2 is 2.17 bits per heavy atom. The summed E-state index contributed by atoms with van der Waals surface area (Å²) >= 11 is 2.07. The molecule has 0 bridgehead atoms. The van der Waals surface area contributed by atoms with Crippen molar-refractivity contribution in [1.29, 1.82) is 0 Å². The van der Waals surface area contributed by atoms with Gasteiger partial charge in [-0.25, -0.2) is 4.39 Å². The van der Waals surface area contributed by atoms with Crippen LogP contribution in [0.2, 0.25) is 0 Å². The summed E-state index contributed by atoms with van der Waals surface area (Å²) in [6, 6.07) is 4.50. The molecule has 6 heteroatoms. The average Bonchev–Trinajstić information content (AvgIpc) is 3.32. The highest BCUT2D eigenvalue weighted by Gasteiger charge is 2.19. The Labute approximate surface area is 155 Å². The smallest absolute Gasteiger partial charge is 0.124 e. The van der Waals surface area contributed by atoms with Crippen molar-refractivity contribution >= 4 is 40.2 Å². The molecule has 0 atom stereocenters. The molecule has 0 heterocycles. The third-order valence-corrected chi connectivity index (χ3v) is 4.35. The van der Waals surface area contributed by atoms with Crippen molar-refractivity contribution in [1.82, 2.24) is 0 Å². The predicted molar refractivity (Wildman–Crippen MR) is 107 cm³/mol. The van der Waals surface area contributed by atoms with Crippen LogP contribution in [0, 0.1) is 15.3 Å². The fourth-order valence-electron chi connectivity index (χ4n) is 2.09. The van der Waals surface area contributed by atoms with Gasteiger partial charge in [0.25, 0.3) is 0 Å². The molecule has 2 rings (SSSR count). The van der Waals surface area contributed by atoms with E-state index in [9.17, 15) is 4.39 Å². The molecule has 0 spiro atoms. The van der Waals surface area contributed by atoms with Crippen molar-refractivity contribution < 1.29 is 4.39 Å². The first-order chi connectivity index (χ1) is 11.5. The average molecular weight is 440 g/mol. The van der Waals surface area contributed by atoms with E-state index in [1.807, 2.05) is 6.21 Å². The fraction of sp³-hybridized carbons (Fsp3) is 0.333. The minimum Gasteiger partial charge on any atom is -0.404 e. The molecule has 1 aliphatic rings. The molecular formula is C18H22FIN4. The third kappa shape index (κ3) is 6.43. The molecule has 1 fully saturated rings. The van der Waals surface area contributed by atoms with Crippen LogP contribution in [0.25, 0.3) is 0 Å². The van der Waals surface area contributed by atoms with Gasteiger partial charge in [-0.1, -0.05) is 0 Å². The highest BCUT2D eigenvalue weighted by Crippen LogP contribution is 2.28. The maximum Gasteiger partial charge on any atom is 0.124 e. The lowest BCUT2D eigenvalue weighted by Gasteiger charge is -2.06. The summed E-state index contributed by atoms with van der Waals surface area (Å²) in [5, 5.41) is 0. The standard InChI is InChI=1S/C18H22FIN4/c1-12(22)6-16(24-18-5-4-15(19)8-17(18)20)7-14(9-21)11-23-10-13-2-3-13/h4-6,8-9,11,13H,2-3,7,10,21-22H2,1H3. The lowest BCUT2D eigenvalue weighted by molar-refractivity contribution is 0.627. The van der Waals surface area contributed by atoms with Crippen LogP contribution in [-0.2, 0) is 0 Å². The number of benzene rings is 1. The fourth-order valence-corrected chi connectivity index (χ4v) is 2.69. The molecule has 4 nitrogen and oxygen atoms in total. The molecule has 0 amide bonds. The zero-order valence-electron chi connectivity index (χ0n) is 13.7. The highest BCUT2D eigenvalue weighted by atomic mass is 127. The zero-order chi connectivity index (χ0) is 17.5. The van der Waals surface area contributed by atoms with Gasteiger partial charge in [-0.15, -0.1) is 0 Å². The van der Waals surface area contributed by atoms with Crippen molar-refractivity contribution in [3.63, 3.8) is 0 Å². The van der Waals surface area contributed by atoms with E-state index in [1.165, 1.54) is 25.0 Å². The van der Waals surface area contributed by atoms with E-state index in [0.717, 1.165) is 27.3 Å². The van der Waals surface area contributed by atoms with Gasteiger partial charge in [-0.3, -0.25) is 9.98 Å². The van der Waals surface area contributed by atoms with E-state index in [2.05, 4.69) is 32.6 Å². The van der Waals surface area contributed by atoms with Crippen LogP contribution in [0.1, 0.15) is 26.2 Å². The van der Waals surface area contributed by atoms with Crippen LogP contribution < -0.4 is 11.5 Å². The number of nitrogens with two attached hydrogens (primary N) is 2. The van der Waals surface area contributed by atoms with Crippen LogP contribution in [0.4, 0.5) is 10.1 Å². The molecule has 0 aromatic heterocycles. The predicted octanol–water partition coefficient (Wildman–Crippen LogP) is 4.08. The molecule has 1 aromatic carbocycles. The van der Waals surface area contributed by atoms with Gasteiger partial charge in [0.05, 0.1) is 5.69 Å². The van der Waals surface area contributed by atoms with Crippen molar-refractivity contribution in [3.05, 3.63) is 51.1 Å². The molecule has 1 aromatic rings. The number of hydrogen-bond donors (Lipinski definition) is 2. The van der Waals surface area contributed by atoms with Crippen molar-refractivity contribution in [2.24, 2.45) is 27.4 Å². The number of halogens is 2. The van der Waals surface area contributed by atoms with Crippen LogP contribution in [0.5, 0.6) is 0 Å². The summed E-state index contributed by atoms with van der Waals surface area (Å²) in [5.41, 5.74) is 14.5. The first-order valence-electron chi connectivity index (χ1n) is 7.85. The summed E-state index contributed by atoms with van der Waals surface area (Å²) in [7, 11) is 0. The van der Waals surface area contributed by atoms with E-state index < -0.39 is 0 Å². The minimum atomic E-state index is -0.278. The van der Waals surface area contributed by atoms with Crippen molar-refractivity contribution in [3.8, 4) is 0 Å². The molecule has 24 heavy (non-hydrogen) atoms. The molecule has 1 saturated carbocycles. The monoisotopic (exact) mass is 440 g/mol. The number of hydrogen-bond acceptors (Lipinski definition) is 4. The second kappa shape index (κ2) is 8.96. The number of nitrogens with zero attached hydrogens (tertiary/aromatic N) is 2. The summed E-state index contributed by atoms with van der Waals surface area (Å²) in [5.74, 6) is 0.459. The first kappa shape index (κ1) is 18.6. The first-order valence-corrected chi connectivity index (χ1v) is 8.92. The second-order valence-electron chi connectivity index (χ2n) is 5.94. The van der Waals surface area contributed by atoms with Gasteiger partial charge in [0, 0.05) is 34.2 Å². The van der Waals surface area contributed by atoms with E-state index in [4.69, 9.17) is 11.5 Å². The van der Waals surface area contributed by atoms with Crippen molar-refractivity contribution in [2.75, 3.05) is 6.54 Å². The Morgan fingerprint density at radius 1 is 1.42 bits per heavy atom. The zero-order valence-corrected chi connectivity index (χ0v) is 15.8. The normalized spacial score (nSPS) is 16.9. The number of rotatable bonds is 7. The molecule has 0 saturated heterocycles. The van der Waals surface area contributed by atoms with E-state index in [0.29, 0.717) is 17.8 Å². The lowest BCUT2D eigenvalue weighted by Crippen LogP contribution is -2.04. The van der Waals surface area contributed by atoms with Gasteiger partial charge in [0.1, 0.15) is 5.82 Å². The third-order valence-electron chi connectivity index (χ3n) is 3.49. The van der Waals surface area contributed by atoms with Crippen LogP contribution in [0.3, 0.4) is 0 Å². The van der Waals surface area contributed by atoms with Gasteiger partial charge >= 0.3 is 0 Å². The Bertz CT molecular complexity index is 699. The molecular weight excluding hydrogens is 418 g/mol. The van der Waals surface area contributed by atoms with Gasteiger partial charge in [0.15, 0.2) is 0 Å².